The number of hydrogen-bond acceptors (Lipinski definition) is 4. The molecule has 0 aliphatic carbocycles. The summed E-state index contributed by atoms with van der Waals surface area (Å²) in [6.07, 6.45) is 1.86. The second kappa shape index (κ2) is 8.96. The standard InChI is InChI=1S/C9H20O4S.Na/c1-3-5-7-8(10)9(6-4-2)14(11,12)13;/h8-10H,3-7H2,1-2H3,(H,11,12,13);/q;+1/p-1. The number of unbranched alkanes of at least 4 members (excludes halogenated alkanes) is 1. The summed E-state index contributed by atoms with van der Waals surface area (Å²) in [7, 11) is -4.36. The van der Waals surface area contributed by atoms with E-state index in [9.17, 15) is 18.1 Å². The SMILES string of the molecule is CCCCC(O)C(CCC)S(=O)(=O)[O-].[Na+]. The van der Waals surface area contributed by atoms with Crippen molar-refractivity contribution in [3.63, 3.8) is 0 Å². The van der Waals surface area contributed by atoms with Crippen LogP contribution in [0.2, 0.25) is 0 Å². The Morgan fingerprint density at radius 3 is 2.07 bits per heavy atom. The molecule has 6 heteroatoms. The first-order valence-corrected chi connectivity index (χ1v) is 6.53. The molecule has 4 nitrogen and oxygen atoms in total. The molecule has 0 bridgehead atoms. The van der Waals surface area contributed by atoms with Gasteiger partial charge in [0.2, 0.25) is 0 Å². The molecule has 0 saturated heterocycles. The Balaban J connectivity index is 0. The van der Waals surface area contributed by atoms with Gasteiger partial charge in [0.05, 0.1) is 11.4 Å². The molecule has 0 saturated carbocycles. The van der Waals surface area contributed by atoms with Gasteiger partial charge < -0.3 is 9.66 Å². The van der Waals surface area contributed by atoms with Crippen LogP contribution in [0.4, 0.5) is 0 Å². The zero-order valence-electron chi connectivity index (χ0n) is 9.77. The smallest absolute Gasteiger partial charge is 0.748 e. The van der Waals surface area contributed by atoms with Gasteiger partial charge in [-0.3, -0.25) is 0 Å². The van der Waals surface area contributed by atoms with Crippen LogP contribution in [0.1, 0.15) is 46.0 Å². The van der Waals surface area contributed by atoms with Crippen LogP contribution in [0.25, 0.3) is 0 Å². The summed E-state index contributed by atoms with van der Waals surface area (Å²) in [6, 6.07) is 0. The zero-order chi connectivity index (χ0) is 11.2. The maximum Gasteiger partial charge on any atom is 1.00 e. The van der Waals surface area contributed by atoms with Crippen molar-refractivity contribution in [3.05, 3.63) is 0 Å². The second-order valence-electron chi connectivity index (χ2n) is 3.53. The Kier molecular flexibility index (Phi) is 10.9. The Labute approximate surface area is 114 Å². The van der Waals surface area contributed by atoms with Crippen LogP contribution in [-0.4, -0.2) is 29.4 Å². The molecular weight excluding hydrogens is 227 g/mol. The van der Waals surface area contributed by atoms with Gasteiger partial charge in [-0.15, -0.1) is 0 Å². The minimum atomic E-state index is -4.36. The van der Waals surface area contributed by atoms with E-state index in [2.05, 4.69) is 0 Å². The quantitative estimate of drug-likeness (QED) is 0.427. The fraction of sp³-hybridized carbons (Fsp3) is 1.00. The van der Waals surface area contributed by atoms with Gasteiger partial charge in [-0.25, -0.2) is 8.42 Å². The molecule has 0 spiro atoms. The minimum absolute atomic E-state index is 0. The fourth-order valence-electron chi connectivity index (χ4n) is 1.41. The van der Waals surface area contributed by atoms with Crippen LogP contribution in [0, 0.1) is 0 Å². The van der Waals surface area contributed by atoms with E-state index in [0.717, 1.165) is 12.8 Å². The first kappa shape index (κ1) is 18.2. The van der Waals surface area contributed by atoms with E-state index >= 15 is 0 Å². The minimum Gasteiger partial charge on any atom is -0.748 e. The number of rotatable bonds is 7. The molecule has 2 unspecified atom stereocenters. The topological polar surface area (TPSA) is 77.4 Å². The predicted octanol–water partition coefficient (Wildman–Crippen LogP) is -1.74. The molecule has 0 aromatic carbocycles. The maximum atomic E-state index is 10.8. The average Bonchev–Trinajstić information content (AvgIpc) is 2.08. The molecule has 1 N–H and O–H groups in total. The second-order valence-corrected chi connectivity index (χ2v) is 5.12. The normalized spacial score (nSPS) is 15.5. The van der Waals surface area contributed by atoms with Gasteiger partial charge in [-0.1, -0.05) is 33.1 Å². The van der Waals surface area contributed by atoms with Crippen LogP contribution in [0.15, 0.2) is 0 Å². The first-order valence-electron chi connectivity index (χ1n) is 5.06. The average molecular weight is 246 g/mol. The van der Waals surface area contributed by atoms with E-state index in [0.29, 0.717) is 12.8 Å². The third-order valence-corrected chi connectivity index (χ3v) is 3.52. The van der Waals surface area contributed by atoms with E-state index in [1.807, 2.05) is 6.92 Å². The molecule has 0 rings (SSSR count). The molecule has 0 heterocycles. The Hall–Kier alpha value is 0.870. The zero-order valence-corrected chi connectivity index (χ0v) is 12.6. The Morgan fingerprint density at radius 2 is 1.73 bits per heavy atom. The van der Waals surface area contributed by atoms with Gasteiger partial charge in [-0.05, 0) is 12.8 Å². The van der Waals surface area contributed by atoms with Gasteiger partial charge in [0.1, 0.15) is 10.1 Å². The van der Waals surface area contributed by atoms with Crippen LogP contribution in [0.3, 0.4) is 0 Å². The molecule has 0 aromatic rings. The molecule has 0 aromatic heterocycles. The molecule has 15 heavy (non-hydrogen) atoms. The predicted molar refractivity (Wildman–Crippen MR) is 53.9 cm³/mol. The van der Waals surface area contributed by atoms with E-state index in [-0.39, 0.29) is 36.0 Å². The molecule has 2 atom stereocenters. The van der Waals surface area contributed by atoms with Crippen molar-refractivity contribution >= 4 is 10.1 Å². The van der Waals surface area contributed by atoms with Crippen LogP contribution < -0.4 is 29.6 Å². The van der Waals surface area contributed by atoms with E-state index in [4.69, 9.17) is 0 Å². The van der Waals surface area contributed by atoms with Crippen molar-refractivity contribution in [1.29, 1.82) is 0 Å². The van der Waals surface area contributed by atoms with Crippen molar-refractivity contribution < 1.29 is 47.6 Å². The summed E-state index contributed by atoms with van der Waals surface area (Å²) in [5.41, 5.74) is 0. The maximum absolute atomic E-state index is 10.8. The molecule has 0 aliphatic rings. The number of hydrogen-bond donors (Lipinski definition) is 1. The number of aliphatic hydroxyl groups excluding tert-OH is 1. The number of aliphatic hydroxyl groups is 1. The van der Waals surface area contributed by atoms with E-state index in [1.165, 1.54) is 0 Å². The Bertz CT molecular complexity index is 240. The third kappa shape index (κ3) is 7.71. The monoisotopic (exact) mass is 246 g/mol. The van der Waals surface area contributed by atoms with Gasteiger partial charge in [0, 0.05) is 0 Å². The summed E-state index contributed by atoms with van der Waals surface area (Å²) in [6.45, 7) is 3.75. The van der Waals surface area contributed by atoms with Crippen LogP contribution in [-0.2, 0) is 10.1 Å². The molecular formula is C9H19NaO4S. The first-order chi connectivity index (χ1) is 6.43. The molecule has 0 aliphatic heterocycles. The summed E-state index contributed by atoms with van der Waals surface area (Å²) in [5, 5.41) is 8.40. The van der Waals surface area contributed by atoms with Gasteiger partial charge in [0.15, 0.2) is 0 Å². The summed E-state index contributed by atoms with van der Waals surface area (Å²) < 4.78 is 32.4. The molecule has 86 valence electrons. The van der Waals surface area contributed by atoms with Gasteiger partial charge >= 0.3 is 29.6 Å². The van der Waals surface area contributed by atoms with E-state index < -0.39 is 21.5 Å². The van der Waals surface area contributed by atoms with Crippen LogP contribution in [0.5, 0.6) is 0 Å². The van der Waals surface area contributed by atoms with Crippen molar-refractivity contribution in [3.8, 4) is 0 Å². The van der Waals surface area contributed by atoms with Gasteiger partial charge in [0.25, 0.3) is 0 Å². The van der Waals surface area contributed by atoms with Crippen molar-refractivity contribution in [2.75, 3.05) is 0 Å². The fourth-order valence-corrected chi connectivity index (χ4v) is 2.46. The summed E-state index contributed by atoms with van der Waals surface area (Å²) in [4.78, 5) is 0. The van der Waals surface area contributed by atoms with Crippen molar-refractivity contribution in [2.45, 2.75) is 57.3 Å². The van der Waals surface area contributed by atoms with Crippen LogP contribution >= 0.6 is 0 Å². The summed E-state index contributed by atoms with van der Waals surface area (Å²) in [5.74, 6) is 0. The molecule has 0 fully saturated rings. The van der Waals surface area contributed by atoms with Crippen molar-refractivity contribution in [1.82, 2.24) is 0 Å². The Morgan fingerprint density at radius 1 is 1.20 bits per heavy atom. The van der Waals surface area contributed by atoms with E-state index in [1.54, 1.807) is 6.92 Å². The molecule has 0 amide bonds. The largest absolute Gasteiger partial charge is 1.00 e. The molecule has 0 radical (unpaired) electrons. The summed E-state index contributed by atoms with van der Waals surface area (Å²) >= 11 is 0. The van der Waals surface area contributed by atoms with Gasteiger partial charge in [-0.2, -0.15) is 0 Å². The third-order valence-electron chi connectivity index (χ3n) is 2.23. The van der Waals surface area contributed by atoms with Crippen molar-refractivity contribution in [2.24, 2.45) is 0 Å².